The predicted molar refractivity (Wildman–Crippen MR) is 291 cm³/mol. The van der Waals surface area contributed by atoms with Gasteiger partial charge in [0.1, 0.15) is 36.0 Å². The number of nitrogens with zero attached hydrogens (tertiary/aromatic N) is 7. The Bertz CT molecular complexity index is 2880. The Morgan fingerprint density at radius 1 is 0.896 bits per heavy atom. The highest BCUT2D eigenvalue weighted by molar-refractivity contribution is 6.01. The summed E-state index contributed by atoms with van der Waals surface area (Å²) in [6.45, 7) is 13.5. The van der Waals surface area contributed by atoms with Crippen LogP contribution in [0.15, 0.2) is 78.6 Å². The average molecular weight is 1060 g/mol. The van der Waals surface area contributed by atoms with E-state index in [1.54, 1.807) is 29.0 Å². The van der Waals surface area contributed by atoms with Gasteiger partial charge in [0, 0.05) is 105 Å². The molecule has 3 atom stereocenters. The first-order valence-electron chi connectivity index (χ1n) is 27.5. The van der Waals surface area contributed by atoms with Crippen molar-refractivity contribution in [3.8, 4) is 11.1 Å². The number of anilines is 3. The second-order valence-electron chi connectivity index (χ2n) is 22.9. The van der Waals surface area contributed by atoms with Crippen LogP contribution in [0.1, 0.15) is 106 Å². The standard InChI is InChI=1S/C59H71F3N10O5/c1-38-31-50-47(46(15-21-63-50)43-9-13-53(64-34-43)66-57(76)77-58(2,3)4)32-44(38)36-68-22-18-41(19-23-68)40-5-7-42(8-6-40)56(75)72-25-16-39(17-26-72)35-69-24-20-52(59(61,62)37-69)71-29-27-70(28-30-71)51-12-10-45(33-48(51)60)65-49-11-14-54(73)67-55(49)74/h5-10,12-13,15,21,32-35,38-39,41,49,52,65H,11,14,16-20,22-31,36-37H2,1-4H3,(H-,63,64,66,67,73,74,76)/p+1. The third-order valence-corrected chi connectivity index (χ3v) is 16.3. The monoisotopic (exact) mass is 1060 g/mol. The average Bonchev–Trinajstić information content (AvgIpc) is 3.40. The second-order valence-corrected chi connectivity index (χ2v) is 22.9. The van der Waals surface area contributed by atoms with Gasteiger partial charge >= 0.3 is 12.0 Å². The Labute approximate surface area is 449 Å². The molecule has 4 amide bonds. The number of fused-ring (bicyclic) bond motifs is 1. The summed E-state index contributed by atoms with van der Waals surface area (Å²) < 4.78 is 54.3. The lowest BCUT2D eigenvalue weighted by Crippen LogP contribution is -2.60. The molecule has 0 spiro atoms. The predicted octanol–water partition coefficient (Wildman–Crippen LogP) is 8.47. The van der Waals surface area contributed by atoms with E-state index in [1.807, 2.05) is 72.1 Å². The fourth-order valence-electron chi connectivity index (χ4n) is 12.1. The third-order valence-electron chi connectivity index (χ3n) is 16.3. The van der Waals surface area contributed by atoms with E-state index in [0.29, 0.717) is 93.2 Å². The van der Waals surface area contributed by atoms with Crippen molar-refractivity contribution in [1.82, 2.24) is 30.0 Å². The number of alkyl halides is 2. The van der Waals surface area contributed by atoms with Gasteiger partial charge in [-0.2, -0.15) is 8.78 Å². The Kier molecular flexibility index (Phi) is 15.9. The first-order chi connectivity index (χ1) is 36.9. The van der Waals surface area contributed by atoms with Crippen LogP contribution in [0, 0.1) is 17.7 Å². The minimum atomic E-state index is -2.92. The number of hydrogen-bond acceptors (Lipinski definition) is 11. The molecule has 7 heterocycles. The molecule has 2 aromatic carbocycles. The van der Waals surface area contributed by atoms with Gasteiger partial charge in [-0.05, 0) is 144 Å². The SMILES string of the molecule is CC1Cc2nccc(-c3ccc(NC(=O)OC(C)(C)C)nc3)c2C=C1CN1CCC(c2ccc(C(=O)N3CCC(C=[N+]4CCC(N5CCN(c6ccc(NC7CCC(=O)NC7=O)cc6F)CC5)C(F)(F)C4)CC3)cc2)CC1. The van der Waals surface area contributed by atoms with Crippen LogP contribution in [0.25, 0.3) is 17.2 Å². The number of piperidine rings is 4. The summed E-state index contributed by atoms with van der Waals surface area (Å²) in [4.78, 5) is 67.1. The molecule has 15 nitrogen and oxygen atoms in total. The summed E-state index contributed by atoms with van der Waals surface area (Å²) in [5.74, 6) is -2.81. The van der Waals surface area contributed by atoms with E-state index in [2.05, 4.69) is 51.0 Å². The number of carbonyl (C=O) groups is 4. The fourth-order valence-corrected chi connectivity index (χ4v) is 12.1. The number of aromatic nitrogens is 2. The number of ether oxygens (including phenoxy) is 1. The normalized spacial score (nSPS) is 23.5. The number of nitrogens with one attached hydrogen (secondary N) is 3. The summed E-state index contributed by atoms with van der Waals surface area (Å²) >= 11 is 0. The van der Waals surface area contributed by atoms with E-state index in [9.17, 15) is 19.2 Å². The van der Waals surface area contributed by atoms with E-state index < -0.39 is 41.4 Å². The molecule has 10 rings (SSSR count). The van der Waals surface area contributed by atoms with Gasteiger partial charge in [0.15, 0.2) is 0 Å². The van der Waals surface area contributed by atoms with E-state index >= 15 is 13.2 Å². The van der Waals surface area contributed by atoms with Crippen molar-refractivity contribution in [2.24, 2.45) is 11.8 Å². The Balaban J connectivity index is 0.657. The first-order valence-corrected chi connectivity index (χ1v) is 27.5. The first kappa shape index (κ1) is 53.7. The summed E-state index contributed by atoms with van der Waals surface area (Å²) in [6, 6.07) is 17.1. The van der Waals surface area contributed by atoms with Crippen LogP contribution >= 0.6 is 0 Å². The molecular weight excluding hydrogens is 986 g/mol. The lowest BCUT2D eigenvalue weighted by molar-refractivity contribution is -0.565. The second kappa shape index (κ2) is 22.7. The lowest BCUT2D eigenvalue weighted by atomic mass is 9.83. The number of carbonyl (C=O) groups excluding carboxylic acids is 4. The zero-order chi connectivity index (χ0) is 54.0. The Hall–Kier alpha value is -6.66. The van der Waals surface area contributed by atoms with E-state index in [1.165, 1.54) is 17.2 Å². The highest BCUT2D eigenvalue weighted by Crippen LogP contribution is 2.37. The Morgan fingerprint density at radius 2 is 1.65 bits per heavy atom. The summed E-state index contributed by atoms with van der Waals surface area (Å²) in [6.07, 6.45) is 12.7. The molecule has 6 aliphatic rings. The zero-order valence-corrected chi connectivity index (χ0v) is 44.7. The molecule has 5 aliphatic heterocycles. The zero-order valence-electron chi connectivity index (χ0n) is 44.7. The number of pyridine rings is 2. The molecule has 0 saturated carbocycles. The highest BCUT2D eigenvalue weighted by atomic mass is 19.3. The number of amides is 4. The highest BCUT2D eigenvalue weighted by Gasteiger charge is 2.51. The molecule has 77 heavy (non-hydrogen) atoms. The van der Waals surface area contributed by atoms with Crippen molar-refractivity contribution in [2.75, 3.05) is 87.5 Å². The van der Waals surface area contributed by atoms with Crippen molar-refractivity contribution >= 4 is 53.3 Å². The number of halogens is 3. The number of piperazine rings is 1. The molecule has 5 fully saturated rings. The van der Waals surface area contributed by atoms with E-state index in [-0.39, 0.29) is 30.7 Å². The van der Waals surface area contributed by atoms with Gasteiger partial charge in [-0.1, -0.05) is 30.7 Å². The van der Waals surface area contributed by atoms with Crippen LogP contribution < -0.4 is 20.9 Å². The van der Waals surface area contributed by atoms with E-state index in [0.717, 1.165) is 74.1 Å². The van der Waals surface area contributed by atoms with Crippen LogP contribution in [0.2, 0.25) is 0 Å². The fraction of sp³-hybridized carbons (Fsp3) is 0.508. The largest absolute Gasteiger partial charge is 0.444 e. The van der Waals surface area contributed by atoms with Gasteiger partial charge < -0.3 is 19.9 Å². The number of imide groups is 1. The number of benzene rings is 2. The molecule has 18 heteroatoms. The third kappa shape index (κ3) is 12.9. The van der Waals surface area contributed by atoms with E-state index in [4.69, 9.17) is 9.72 Å². The topological polar surface area (TPSA) is 155 Å². The van der Waals surface area contributed by atoms with Crippen LogP contribution in [0.3, 0.4) is 0 Å². The van der Waals surface area contributed by atoms with Crippen LogP contribution in [-0.2, 0) is 20.7 Å². The summed E-state index contributed by atoms with van der Waals surface area (Å²) in [5, 5.41) is 8.01. The molecular formula is C59H72F3N10O5+. The quantitative estimate of drug-likeness (QED) is 0.0979. The van der Waals surface area contributed by atoms with Crippen molar-refractivity contribution in [2.45, 2.75) is 109 Å². The lowest BCUT2D eigenvalue weighted by Gasteiger charge is -2.43. The maximum absolute atomic E-state index is 15.9. The van der Waals surface area contributed by atoms with Gasteiger partial charge in [0.05, 0.1) is 11.7 Å². The van der Waals surface area contributed by atoms with Crippen LogP contribution in [0.4, 0.5) is 35.2 Å². The number of rotatable bonds is 11. The molecule has 5 saturated heterocycles. The minimum Gasteiger partial charge on any atom is -0.444 e. The molecule has 3 N–H and O–H groups in total. The van der Waals surface area contributed by atoms with Crippen molar-refractivity contribution in [3.05, 3.63) is 107 Å². The smallest absolute Gasteiger partial charge is 0.413 e. The molecule has 3 unspecified atom stereocenters. The van der Waals surface area contributed by atoms with Gasteiger partial charge in [-0.15, -0.1) is 0 Å². The van der Waals surface area contributed by atoms with Crippen LogP contribution in [-0.4, -0.2) is 155 Å². The minimum absolute atomic E-state index is 0.0112. The number of hydrogen-bond donors (Lipinski definition) is 3. The van der Waals surface area contributed by atoms with Gasteiger partial charge in [0.2, 0.25) is 18.4 Å². The summed E-state index contributed by atoms with van der Waals surface area (Å²) in [7, 11) is 0. The van der Waals surface area contributed by atoms with Gasteiger partial charge in [-0.3, -0.25) is 39.8 Å². The molecule has 4 aromatic rings. The maximum atomic E-state index is 15.9. The molecule has 0 bridgehead atoms. The molecule has 1 aliphatic carbocycles. The van der Waals surface area contributed by atoms with Crippen LogP contribution in [0.5, 0.6) is 0 Å². The summed E-state index contributed by atoms with van der Waals surface area (Å²) in [5.41, 5.74) is 7.76. The van der Waals surface area contributed by atoms with Gasteiger partial charge in [-0.25, -0.2) is 18.7 Å². The van der Waals surface area contributed by atoms with Crippen molar-refractivity contribution in [1.29, 1.82) is 0 Å². The van der Waals surface area contributed by atoms with Gasteiger partial charge in [0.25, 0.3) is 5.91 Å². The molecule has 0 radical (unpaired) electrons. The number of likely N-dealkylation sites (tertiary alicyclic amines) is 2. The van der Waals surface area contributed by atoms with Crippen molar-refractivity contribution in [3.63, 3.8) is 0 Å². The molecule has 408 valence electrons. The van der Waals surface area contributed by atoms with Crippen molar-refractivity contribution < 1.29 is 41.7 Å². The molecule has 2 aromatic heterocycles. The maximum Gasteiger partial charge on any atom is 0.413 e. The Morgan fingerprint density at radius 3 is 2.32 bits per heavy atom.